The summed E-state index contributed by atoms with van der Waals surface area (Å²) in [4.78, 5) is 18.6. The summed E-state index contributed by atoms with van der Waals surface area (Å²) in [5, 5.41) is 8.55. The molecule has 0 unspecified atom stereocenters. The van der Waals surface area contributed by atoms with E-state index in [1.807, 2.05) is 25.1 Å². The summed E-state index contributed by atoms with van der Waals surface area (Å²) in [5.41, 5.74) is 1.77. The highest BCUT2D eigenvalue weighted by Gasteiger charge is 2.15. The predicted molar refractivity (Wildman–Crippen MR) is 92.0 cm³/mol. The lowest BCUT2D eigenvalue weighted by Gasteiger charge is -2.07. The van der Waals surface area contributed by atoms with Gasteiger partial charge in [0.1, 0.15) is 5.82 Å². The Morgan fingerprint density at radius 1 is 1.21 bits per heavy atom. The highest BCUT2D eigenvalue weighted by Crippen LogP contribution is 2.31. The smallest absolute Gasteiger partial charge is 0.277 e. The molecule has 6 nitrogen and oxygen atoms in total. The molecular weight excluding hydrogens is 324 g/mol. The third-order valence-electron chi connectivity index (χ3n) is 3.47. The molecule has 7 heteroatoms. The summed E-state index contributed by atoms with van der Waals surface area (Å²) in [6, 6.07) is 11.6. The third kappa shape index (κ3) is 4.32. The number of thioether (sulfide) groups is 1. The van der Waals surface area contributed by atoms with Crippen LogP contribution in [0.15, 0.2) is 50.8 Å². The van der Waals surface area contributed by atoms with Crippen LogP contribution in [0.5, 0.6) is 0 Å². The first kappa shape index (κ1) is 16.4. The number of rotatable bonds is 6. The number of aromatic nitrogens is 4. The molecule has 0 saturated carbocycles. The largest absolute Gasteiger partial charge is 0.416 e. The highest BCUT2D eigenvalue weighted by molar-refractivity contribution is 7.99. The van der Waals surface area contributed by atoms with Gasteiger partial charge in [0, 0.05) is 18.2 Å². The molecule has 0 aliphatic heterocycles. The van der Waals surface area contributed by atoms with E-state index in [4.69, 9.17) is 4.42 Å². The second-order valence-corrected chi connectivity index (χ2v) is 6.77. The fourth-order valence-corrected chi connectivity index (χ4v) is 3.04. The Balaban J connectivity index is 1.62. The number of H-pyrrole nitrogens is 1. The van der Waals surface area contributed by atoms with Crippen molar-refractivity contribution in [3.05, 3.63) is 69.7 Å². The van der Waals surface area contributed by atoms with Gasteiger partial charge < -0.3 is 9.40 Å². The number of nitrogens with one attached hydrogen (secondary N) is 1. The molecule has 0 radical (unpaired) electrons. The van der Waals surface area contributed by atoms with Crippen LogP contribution >= 0.6 is 11.8 Å². The van der Waals surface area contributed by atoms with E-state index in [9.17, 15) is 4.79 Å². The van der Waals surface area contributed by atoms with E-state index in [2.05, 4.69) is 32.3 Å². The maximum absolute atomic E-state index is 11.5. The Labute approximate surface area is 143 Å². The highest BCUT2D eigenvalue weighted by atomic mass is 32.2. The number of hydrogen-bond donors (Lipinski definition) is 1. The molecule has 0 aliphatic carbocycles. The second kappa shape index (κ2) is 7.44. The van der Waals surface area contributed by atoms with E-state index in [0.717, 1.165) is 6.42 Å². The van der Waals surface area contributed by atoms with Gasteiger partial charge in [-0.05, 0) is 25.8 Å². The van der Waals surface area contributed by atoms with Gasteiger partial charge in [0.25, 0.3) is 10.8 Å². The minimum absolute atomic E-state index is 0.0833. The van der Waals surface area contributed by atoms with Crippen LogP contribution in [0.3, 0.4) is 0 Å². The molecule has 2 aromatic heterocycles. The first-order chi connectivity index (χ1) is 11.6. The Morgan fingerprint density at radius 2 is 2.00 bits per heavy atom. The molecular formula is C17H18N4O2S. The van der Waals surface area contributed by atoms with Crippen LogP contribution in [0, 0.1) is 6.92 Å². The summed E-state index contributed by atoms with van der Waals surface area (Å²) < 4.78 is 5.68. The maximum atomic E-state index is 11.5. The van der Waals surface area contributed by atoms with Gasteiger partial charge in [-0.1, -0.05) is 42.1 Å². The molecule has 1 N–H and O–H groups in total. The Hall–Kier alpha value is -2.41. The first-order valence-corrected chi connectivity index (χ1v) is 8.59. The monoisotopic (exact) mass is 342 g/mol. The van der Waals surface area contributed by atoms with Gasteiger partial charge >= 0.3 is 0 Å². The van der Waals surface area contributed by atoms with E-state index in [-0.39, 0.29) is 10.8 Å². The van der Waals surface area contributed by atoms with Crippen LogP contribution in [-0.4, -0.2) is 20.2 Å². The van der Waals surface area contributed by atoms with Crippen molar-refractivity contribution in [1.82, 2.24) is 20.2 Å². The van der Waals surface area contributed by atoms with Gasteiger partial charge in [-0.2, -0.15) is 0 Å². The number of benzene rings is 1. The average Bonchev–Trinajstić information content (AvgIpc) is 3.00. The normalized spacial score (nSPS) is 12.2. The van der Waals surface area contributed by atoms with Gasteiger partial charge in [0.05, 0.1) is 5.25 Å². The van der Waals surface area contributed by atoms with Crippen LogP contribution < -0.4 is 5.56 Å². The summed E-state index contributed by atoms with van der Waals surface area (Å²) in [7, 11) is 0. The zero-order valence-electron chi connectivity index (χ0n) is 13.5. The SMILES string of the molecule is Cc1cc(=O)[nH]c([C@@H](C)Sc2nnc(CCc3ccccc3)o2)n1. The molecule has 124 valence electrons. The lowest BCUT2D eigenvalue weighted by molar-refractivity contribution is 0.412. The number of aromatic amines is 1. The molecule has 0 spiro atoms. The van der Waals surface area contributed by atoms with Crippen molar-refractivity contribution in [3.8, 4) is 0 Å². The van der Waals surface area contributed by atoms with Crippen molar-refractivity contribution < 1.29 is 4.42 Å². The maximum Gasteiger partial charge on any atom is 0.277 e. The van der Waals surface area contributed by atoms with Crippen molar-refractivity contribution in [2.24, 2.45) is 0 Å². The topological polar surface area (TPSA) is 84.7 Å². The minimum Gasteiger partial charge on any atom is -0.416 e. The fourth-order valence-electron chi connectivity index (χ4n) is 2.28. The first-order valence-electron chi connectivity index (χ1n) is 7.71. The predicted octanol–water partition coefficient (Wildman–Crippen LogP) is 3.10. The standard InChI is InChI=1S/C17H18N4O2S/c1-11-10-14(22)19-16(18-11)12(2)24-17-21-20-15(23-17)9-8-13-6-4-3-5-7-13/h3-7,10,12H,8-9H2,1-2H3,(H,18,19,22)/t12-/m1/s1. The molecule has 0 bridgehead atoms. The van der Waals surface area contributed by atoms with Gasteiger partial charge in [0.2, 0.25) is 5.89 Å². The molecule has 3 aromatic rings. The molecule has 1 aromatic carbocycles. The fraction of sp³-hybridized carbons (Fsp3) is 0.294. The van der Waals surface area contributed by atoms with E-state index < -0.39 is 0 Å². The van der Waals surface area contributed by atoms with E-state index in [0.29, 0.717) is 29.1 Å². The number of nitrogens with zero attached hydrogens (tertiary/aromatic N) is 3. The summed E-state index contributed by atoms with van der Waals surface area (Å²) in [6.07, 6.45) is 1.56. The quantitative estimate of drug-likeness (QED) is 0.693. The molecule has 0 amide bonds. The van der Waals surface area contributed by atoms with Gasteiger partial charge in [-0.15, -0.1) is 10.2 Å². The van der Waals surface area contributed by atoms with E-state index in [1.165, 1.54) is 23.4 Å². The number of hydrogen-bond acceptors (Lipinski definition) is 6. The summed E-state index contributed by atoms with van der Waals surface area (Å²) >= 11 is 1.38. The van der Waals surface area contributed by atoms with Crippen molar-refractivity contribution in [3.63, 3.8) is 0 Å². The van der Waals surface area contributed by atoms with Crippen molar-refractivity contribution in [1.29, 1.82) is 0 Å². The van der Waals surface area contributed by atoms with Crippen LogP contribution in [-0.2, 0) is 12.8 Å². The van der Waals surface area contributed by atoms with Crippen LogP contribution in [0.1, 0.15) is 35.1 Å². The number of aryl methyl sites for hydroxylation is 3. The van der Waals surface area contributed by atoms with Gasteiger partial charge in [-0.25, -0.2) is 4.98 Å². The van der Waals surface area contributed by atoms with Crippen LogP contribution in [0.2, 0.25) is 0 Å². The van der Waals surface area contributed by atoms with E-state index in [1.54, 1.807) is 6.92 Å². The minimum atomic E-state index is -0.154. The molecule has 24 heavy (non-hydrogen) atoms. The Bertz CT molecular complexity index is 860. The van der Waals surface area contributed by atoms with Gasteiger partial charge in [-0.3, -0.25) is 4.79 Å². The molecule has 0 fully saturated rings. The van der Waals surface area contributed by atoms with Crippen molar-refractivity contribution in [2.75, 3.05) is 0 Å². The second-order valence-electron chi connectivity index (χ2n) is 5.48. The molecule has 3 rings (SSSR count). The van der Waals surface area contributed by atoms with Crippen LogP contribution in [0.25, 0.3) is 0 Å². The van der Waals surface area contributed by atoms with Crippen LogP contribution in [0.4, 0.5) is 0 Å². The molecule has 0 saturated heterocycles. The molecule has 0 aliphatic rings. The van der Waals surface area contributed by atoms with Crippen molar-refractivity contribution >= 4 is 11.8 Å². The molecule has 2 heterocycles. The lowest BCUT2D eigenvalue weighted by Crippen LogP contribution is -2.12. The Kier molecular flexibility index (Phi) is 5.10. The summed E-state index contributed by atoms with van der Waals surface area (Å²) in [6.45, 7) is 3.74. The zero-order chi connectivity index (χ0) is 16.9. The average molecular weight is 342 g/mol. The van der Waals surface area contributed by atoms with Crippen molar-refractivity contribution in [2.45, 2.75) is 37.2 Å². The van der Waals surface area contributed by atoms with Gasteiger partial charge in [0.15, 0.2) is 0 Å². The van der Waals surface area contributed by atoms with E-state index >= 15 is 0 Å². The lowest BCUT2D eigenvalue weighted by atomic mass is 10.1. The zero-order valence-corrected chi connectivity index (χ0v) is 14.3. The summed E-state index contributed by atoms with van der Waals surface area (Å²) in [5.74, 6) is 1.22. The Morgan fingerprint density at radius 3 is 2.75 bits per heavy atom. The molecule has 1 atom stereocenters. The third-order valence-corrected chi connectivity index (χ3v) is 4.41.